The van der Waals surface area contributed by atoms with Gasteiger partial charge in [-0.1, -0.05) is 72.8 Å². The minimum Gasteiger partial charge on any atom is -0.321 e. The van der Waals surface area contributed by atoms with Crippen LogP contribution in [0.4, 0.5) is 5.69 Å². The highest BCUT2D eigenvalue weighted by atomic mass is 16.2. The first kappa shape index (κ1) is 26.0. The van der Waals surface area contributed by atoms with Crippen LogP contribution in [0, 0.1) is 0 Å². The molecule has 5 aromatic rings. The molecule has 0 atom stereocenters. The van der Waals surface area contributed by atoms with Crippen LogP contribution in [0.1, 0.15) is 31.8 Å². The summed E-state index contributed by atoms with van der Waals surface area (Å²) in [4.78, 5) is 42.8. The summed E-state index contributed by atoms with van der Waals surface area (Å²) in [7, 11) is 0. The lowest BCUT2D eigenvalue weighted by molar-refractivity contribution is -0.113. The molecule has 0 radical (unpaired) electrons. The minimum atomic E-state index is -0.511. The van der Waals surface area contributed by atoms with Gasteiger partial charge >= 0.3 is 0 Å². The van der Waals surface area contributed by atoms with Crippen LogP contribution in [0.25, 0.3) is 22.9 Å². The van der Waals surface area contributed by atoms with E-state index in [0.717, 1.165) is 16.3 Å². The van der Waals surface area contributed by atoms with Gasteiger partial charge in [0.2, 0.25) is 0 Å². The third kappa shape index (κ3) is 6.44. The van der Waals surface area contributed by atoms with E-state index in [1.54, 1.807) is 85.2 Å². The number of anilines is 1. The number of pyridine rings is 1. The molecule has 2 amide bonds. The summed E-state index contributed by atoms with van der Waals surface area (Å²) in [5.41, 5.74) is 3.05. The molecule has 0 saturated carbocycles. The van der Waals surface area contributed by atoms with E-state index < -0.39 is 11.8 Å². The third-order valence-corrected chi connectivity index (χ3v) is 6.19. The van der Waals surface area contributed by atoms with Crippen molar-refractivity contribution >= 4 is 46.2 Å². The van der Waals surface area contributed by atoms with Crippen LogP contribution in [0.2, 0.25) is 0 Å². The summed E-state index contributed by atoms with van der Waals surface area (Å²) in [5, 5.41) is 7.66. The zero-order valence-electron chi connectivity index (χ0n) is 21.5. The molecule has 40 heavy (non-hydrogen) atoms. The number of amides is 2. The monoisotopic (exact) mass is 523 g/mol. The molecule has 0 unspecified atom stereocenters. The van der Waals surface area contributed by atoms with Gasteiger partial charge in [-0.2, -0.15) is 0 Å². The number of benzene rings is 4. The Morgan fingerprint density at radius 1 is 0.700 bits per heavy atom. The molecule has 6 nitrogen and oxygen atoms in total. The van der Waals surface area contributed by atoms with Gasteiger partial charge in [-0.25, -0.2) is 0 Å². The third-order valence-electron chi connectivity index (χ3n) is 6.19. The summed E-state index contributed by atoms with van der Waals surface area (Å²) in [6.45, 7) is 0. The Labute approximate surface area is 231 Å². The maximum Gasteiger partial charge on any atom is 0.272 e. The molecule has 0 aliphatic heterocycles. The lowest BCUT2D eigenvalue weighted by Crippen LogP contribution is -2.30. The molecule has 2 N–H and O–H groups in total. The van der Waals surface area contributed by atoms with E-state index in [1.165, 1.54) is 0 Å². The molecule has 0 aliphatic rings. The molecule has 5 rings (SSSR count). The Bertz CT molecular complexity index is 1720. The van der Waals surface area contributed by atoms with E-state index in [4.69, 9.17) is 0 Å². The largest absolute Gasteiger partial charge is 0.321 e. The smallest absolute Gasteiger partial charge is 0.272 e. The van der Waals surface area contributed by atoms with E-state index in [2.05, 4.69) is 15.6 Å². The van der Waals surface area contributed by atoms with Crippen molar-refractivity contribution in [3.05, 3.63) is 156 Å². The maximum atomic E-state index is 13.2. The van der Waals surface area contributed by atoms with E-state index in [-0.39, 0.29) is 11.5 Å². The fraction of sp³-hybridized carbons (Fsp3) is 0. The SMILES string of the molecule is O=C(Nc1ccc(C(=O)/C=C/c2cccc3ccccc23)cc1)/C(=C/c1cccnc1)NC(=O)c1ccccc1. The van der Waals surface area contributed by atoms with Crippen molar-refractivity contribution < 1.29 is 14.4 Å². The molecule has 0 spiro atoms. The van der Waals surface area contributed by atoms with Crippen molar-refractivity contribution in [3.8, 4) is 0 Å². The quantitative estimate of drug-likeness (QED) is 0.179. The summed E-state index contributed by atoms with van der Waals surface area (Å²) in [6.07, 6.45) is 8.13. The number of nitrogens with one attached hydrogen (secondary N) is 2. The Balaban J connectivity index is 1.30. The van der Waals surface area contributed by atoms with Crippen molar-refractivity contribution in [1.82, 2.24) is 10.3 Å². The summed E-state index contributed by atoms with van der Waals surface area (Å²) in [5.74, 6) is -1.08. The number of nitrogens with zero attached hydrogens (tertiary/aromatic N) is 1. The Morgan fingerprint density at radius 3 is 2.23 bits per heavy atom. The molecular formula is C34H25N3O3. The molecule has 0 fully saturated rings. The Kier molecular flexibility index (Phi) is 7.99. The molecule has 0 aliphatic carbocycles. The topological polar surface area (TPSA) is 88.2 Å². The minimum absolute atomic E-state index is 0.0556. The molecule has 194 valence electrons. The number of fused-ring (bicyclic) bond motifs is 1. The zero-order chi connectivity index (χ0) is 27.7. The van der Waals surface area contributed by atoms with E-state index >= 15 is 0 Å². The van der Waals surface area contributed by atoms with E-state index in [9.17, 15) is 14.4 Å². The van der Waals surface area contributed by atoms with Crippen molar-refractivity contribution in [1.29, 1.82) is 0 Å². The van der Waals surface area contributed by atoms with Crippen LogP contribution in [0.5, 0.6) is 0 Å². The second-order valence-corrected chi connectivity index (χ2v) is 8.96. The van der Waals surface area contributed by atoms with Crippen LogP contribution < -0.4 is 10.6 Å². The summed E-state index contributed by atoms with van der Waals surface area (Å²) >= 11 is 0. The summed E-state index contributed by atoms with van der Waals surface area (Å²) < 4.78 is 0. The zero-order valence-corrected chi connectivity index (χ0v) is 21.5. The number of carbonyl (C=O) groups is 3. The van der Waals surface area contributed by atoms with Crippen LogP contribution in [0.3, 0.4) is 0 Å². The highest BCUT2D eigenvalue weighted by molar-refractivity contribution is 6.11. The van der Waals surface area contributed by atoms with E-state index in [1.807, 2.05) is 54.6 Å². The van der Waals surface area contributed by atoms with Gasteiger partial charge in [-0.15, -0.1) is 0 Å². The predicted molar refractivity (Wildman–Crippen MR) is 159 cm³/mol. The lowest BCUT2D eigenvalue weighted by Gasteiger charge is -2.11. The number of hydrogen-bond acceptors (Lipinski definition) is 4. The number of allylic oxidation sites excluding steroid dienone is 1. The van der Waals surface area contributed by atoms with Crippen LogP contribution in [-0.4, -0.2) is 22.6 Å². The average Bonchev–Trinajstić information content (AvgIpc) is 3.00. The first-order valence-corrected chi connectivity index (χ1v) is 12.7. The normalized spacial score (nSPS) is 11.3. The second-order valence-electron chi connectivity index (χ2n) is 8.96. The van der Waals surface area contributed by atoms with Crippen molar-refractivity contribution in [2.45, 2.75) is 0 Å². The van der Waals surface area contributed by atoms with Gasteiger partial charge < -0.3 is 10.6 Å². The summed E-state index contributed by atoms with van der Waals surface area (Å²) in [6, 6.07) is 32.7. The number of ketones is 1. The molecule has 1 heterocycles. The maximum absolute atomic E-state index is 13.2. The second kappa shape index (κ2) is 12.3. The van der Waals surface area contributed by atoms with Crippen molar-refractivity contribution in [2.75, 3.05) is 5.32 Å². The van der Waals surface area contributed by atoms with Gasteiger partial charge in [0.15, 0.2) is 5.78 Å². The van der Waals surface area contributed by atoms with Crippen LogP contribution >= 0.6 is 0 Å². The standard InChI is InChI=1S/C34H25N3O3/c38-32(20-17-26-13-6-12-25-9-4-5-14-30(25)26)27-15-18-29(19-16-27)36-34(40)31(22-24-8-7-21-35-23-24)37-33(39)28-10-2-1-3-11-28/h1-23H,(H,36,40)(H,37,39)/b20-17+,31-22-. The molecule has 1 aromatic heterocycles. The number of hydrogen-bond donors (Lipinski definition) is 2. The molecular weight excluding hydrogens is 498 g/mol. The molecule has 6 heteroatoms. The lowest BCUT2D eigenvalue weighted by atomic mass is 10.0. The van der Waals surface area contributed by atoms with Gasteiger partial charge in [-0.05, 0) is 76.5 Å². The van der Waals surface area contributed by atoms with Gasteiger partial charge in [0.1, 0.15) is 5.70 Å². The average molecular weight is 524 g/mol. The van der Waals surface area contributed by atoms with Gasteiger partial charge in [-0.3, -0.25) is 19.4 Å². The first-order valence-electron chi connectivity index (χ1n) is 12.7. The van der Waals surface area contributed by atoms with Gasteiger partial charge in [0.25, 0.3) is 11.8 Å². The van der Waals surface area contributed by atoms with Gasteiger partial charge in [0, 0.05) is 29.2 Å². The van der Waals surface area contributed by atoms with Crippen LogP contribution in [0.15, 0.2) is 133 Å². The van der Waals surface area contributed by atoms with Crippen molar-refractivity contribution in [2.24, 2.45) is 0 Å². The highest BCUT2D eigenvalue weighted by Gasteiger charge is 2.15. The highest BCUT2D eigenvalue weighted by Crippen LogP contribution is 2.20. The molecule has 0 bridgehead atoms. The first-order chi connectivity index (χ1) is 19.6. The van der Waals surface area contributed by atoms with Crippen LogP contribution in [-0.2, 0) is 4.79 Å². The fourth-order valence-electron chi connectivity index (χ4n) is 4.14. The van der Waals surface area contributed by atoms with E-state index in [0.29, 0.717) is 22.4 Å². The predicted octanol–water partition coefficient (Wildman–Crippen LogP) is 6.54. The Hall–Kier alpha value is -5.62. The van der Waals surface area contributed by atoms with Gasteiger partial charge in [0.05, 0.1) is 0 Å². The Morgan fingerprint density at radius 2 is 1.45 bits per heavy atom. The molecule has 0 saturated heterocycles. The molecule has 4 aromatic carbocycles. The number of aromatic nitrogens is 1. The number of carbonyl (C=O) groups excluding carboxylic acids is 3. The van der Waals surface area contributed by atoms with Crippen molar-refractivity contribution in [3.63, 3.8) is 0 Å². The fourth-order valence-corrected chi connectivity index (χ4v) is 4.14. The number of rotatable bonds is 8.